The highest BCUT2D eigenvalue weighted by Gasteiger charge is 2.28. The molecule has 0 saturated heterocycles. The van der Waals surface area contributed by atoms with Crippen molar-refractivity contribution >= 4 is 35.1 Å². The fourth-order valence-corrected chi connectivity index (χ4v) is 4.48. The summed E-state index contributed by atoms with van der Waals surface area (Å²) in [5.41, 5.74) is 3.46. The van der Waals surface area contributed by atoms with Gasteiger partial charge < -0.3 is 4.98 Å². The van der Waals surface area contributed by atoms with E-state index in [1.165, 1.54) is 24.9 Å². The zero-order valence-electron chi connectivity index (χ0n) is 12.3. The Morgan fingerprint density at radius 2 is 2.25 bits per heavy atom. The van der Waals surface area contributed by atoms with E-state index < -0.39 is 0 Å². The average molecular weight is 310 g/mol. The maximum absolute atomic E-state index is 5.58. The normalized spacial score (nSPS) is 22.9. The molecule has 0 aromatic carbocycles. The molecule has 0 spiro atoms. The molecule has 0 amide bonds. The van der Waals surface area contributed by atoms with E-state index in [0.29, 0.717) is 6.04 Å². The van der Waals surface area contributed by atoms with Crippen LogP contribution in [-0.2, 0) is 13.5 Å². The molecule has 1 saturated carbocycles. The van der Waals surface area contributed by atoms with Crippen LogP contribution in [-0.4, -0.2) is 30.8 Å². The summed E-state index contributed by atoms with van der Waals surface area (Å²) in [4.78, 5) is 3.40. The number of thioether (sulfide) groups is 1. The number of fused-ring (bicyclic) bond motifs is 1. The van der Waals surface area contributed by atoms with Crippen LogP contribution >= 0.6 is 24.0 Å². The van der Waals surface area contributed by atoms with Crippen molar-refractivity contribution in [1.29, 1.82) is 0 Å². The van der Waals surface area contributed by atoms with E-state index in [1.54, 1.807) is 0 Å². The van der Waals surface area contributed by atoms with E-state index in [4.69, 9.17) is 12.2 Å². The highest BCUT2D eigenvalue weighted by atomic mass is 32.2. The number of aromatic amines is 1. The Morgan fingerprint density at radius 3 is 2.90 bits per heavy atom. The predicted octanol–water partition coefficient (Wildman–Crippen LogP) is 3.84. The third-order valence-corrected chi connectivity index (χ3v) is 5.70. The number of rotatable bonds is 4. The van der Waals surface area contributed by atoms with Crippen molar-refractivity contribution < 1.29 is 0 Å². The highest BCUT2D eigenvalue weighted by molar-refractivity contribution is 7.99. The molecule has 0 radical (unpaired) electrons. The summed E-state index contributed by atoms with van der Waals surface area (Å²) >= 11 is 7.56. The first-order valence-electron chi connectivity index (χ1n) is 7.34. The molecule has 1 N–H and O–H groups in total. The molecule has 2 heterocycles. The summed E-state index contributed by atoms with van der Waals surface area (Å²) < 4.78 is 5.17. The fourth-order valence-electron chi connectivity index (χ4n) is 3.35. The lowest BCUT2D eigenvalue weighted by Crippen LogP contribution is -2.09. The number of hydrogen-bond donors (Lipinski definition) is 1. The van der Waals surface area contributed by atoms with E-state index in [9.17, 15) is 0 Å². The van der Waals surface area contributed by atoms with Crippen molar-refractivity contribution in [3.63, 3.8) is 0 Å². The second-order valence-electron chi connectivity index (χ2n) is 5.64. The molecular weight excluding hydrogens is 288 g/mol. The minimum atomic E-state index is 0.526. The Morgan fingerprint density at radius 1 is 1.45 bits per heavy atom. The first-order chi connectivity index (χ1) is 9.65. The Bertz CT molecular complexity index is 667. The van der Waals surface area contributed by atoms with E-state index >= 15 is 0 Å². The minimum Gasteiger partial charge on any atom is -0.328 e. The molecule has 3 rings (SSSR count). The minimum absolute atomic E-state index is 0.526. The van der Waals surface area contributed by atoms with Crippen LogP contribution in [0.2, 0.25) is 0 Å². The van der Waals surface area contributed by atoms with E-state index in [-0.39, 0.29) is 0 Å². The van der Waals surface area contributed by atoms with Gasteiger partial charge in [-0.05, 0) is 44.2 Å². The quantitative estimate of drug-likeness (QED) is 0.872. The molecule has 6 heteroatoms. The Labute approximate surface area is 128 Å². The average Bonchev–Trinajstić information content (AvgIpc) is 3.07. The van der Waals surface area contributed by atoms with Gasteiger partial charge >= 0.3 is 0 Å². The molecule has 0 aliphatic heterocycles. The lowest BCUT2D eigenvalue weighted by atomic mass is 10.2. The smallest absolute Gasteiger partial charge is 0.179 e. The van der Waals surface area contributed by atoms with Crippen LogP contribution in [0.15, 0.2) is 0 Å². The summed E-state index contributed by atoms with van der Waals surface area (Å²) in [6, 6.07) is 0.526. The zero-order chi connectivity index (χ0) is 14.3. The van der Waals surface area contributed by atoms with Crippen LogP contribution in [0.4, 0.5) is 0 Å². The largest absolute Gasteiger partial charge is 0.328 e. The van der Waals surface area contributed by atoms with Gasteiger partial charge in [0.1, 0.15) is 5.52 Å². The molecule has 1 fully saturated rings. The van der Waals surface area contributed by atoms with Gasteiger partial charge in [0.25, 0.3) is 0 Å². The van der Waals surface area contributed by atoms with Crippen LogP contribution in [0.5, 0.6) is 0 Å². The van der Waals surface area contributed by atoms with Crippen molar-refractivity contribution in [3.8, 4) is 0 Å². The van der Waals surface area contributed by atoms with Crippen molar-refractivity contribution in [2.75, 3.05) is 6.26 Å². The third kappa shape index (κ3) is 2.22. The monoisotopic (exact) mass is 310 g/mol. The Kier molecular flexibility index (Phi) is 3.95. The topological polar surface area (TPSA) is 38.5 Å². The van der Waals surface area contributed by atoms with Gasteiger partial charge in [0, 0.05) is 18.3 Å². The number of nitrogens with zero attached hydrogens (tertiary/aromatic N) is 3. The number of aromatic nitrogens is 4. The van der Waals surface area contributed by atoms with Gasteiger partial charge in [0.05, 0.1) is 5.69 Å². The molecule has 2 aromatic rings. The van der Waals surface area contributed by atoms with Crippen LogP contribution in [0.1, 0.15) is 44.3 Å². The second kappa shape index (κ2) is 5.56. The van der Waals surface area contributed by atoms with Gasteiger partial charge in [-0.3, -0.25) is 9.25 Å². The SMILES string of the molecule is CCCc1nn(C)c2c1[nH]c(=S)n2C1CCC(SC)C1. The molecule has 2 unspecified atom stereocenters. The molecule has 2 aromatic heterocycles. The van der Waals surface area contributed by atoms with E-state index in [2.05, 4.69) is 27.8 Å². The lowest BCUT2D eigenvalue weighted by Gasteiger charge is -2.13. The zero-order valence-corrected chi connectivity index (χ0v) is 14.0. The molecular formula is C14H22N4S2. The van der Waals surface area contributed by atoms with Gasteiger partial charge in [-0.25, -0.2) is 0 Å². The van der Waals surface area contributed by atoms with Crippen molar-refractivity contribution in [3.05, 3.63) is 10.5 Å². The van der Waals surface area contributed by atoms with E-state index in [1.807, 2.05) is 23.5 Å². The summed E-state index contributed by atoms with van der Waals surface area (Å²) in [5.74, 6) is 0. The highest BCUT2D eigenvalue weighted by Crippen LogP contribution is 2.38. The molecule has 20 heavy (non-hydrogen) atoms. The number of aryl methyl sites for hydroxylation is 2. The summed E-state index contributed by atoms with van der Waals surface area (Å²) in [5, 5.41) is 5.44. The fraction of sp³-hybridized carbons (Fsp3) is 0.714. The van der Waals surface area contributed by atoms with Gasteiger partial charge in [-0.1, -0.05) is 13.3 Å². The molecule has 4 nitrogen and oxygen atoms in total. The van der Waals surface area contributed by atoms with Gasteiger partial charge in [0.2, 0.25) is 0 Å². The molecule has 0 bridgehead atoms. The number of H-pyrrole nitrogens is 1. The van der Waals surface area contributed by atoms with Crippen LogP contribution < -0.4 is 0 Å². The molecule has 1 aliphatic rings. The molecule has 1 aliphatic carbocycles. The summed E-state index contributed by atoms with van der Waals surface area (Å²) in [7, 11) is 2.03. The van der Waals surface area contributed by atoms with Gasteiger partial charge in [-0.15, -0.1) is 0 Å². The van der Waals surface area contributed by atoms with Crippen molar-refractivity contribution in [2.24, 2.45) is 7.05 Å². The Balaban J connectivity index is 2.07. The van der Waals surface area contributed by atoms with Crippen molar-refractivity contribution in [2.45, 2.75) is 50.3 Å². The Hall–Kier alpha value is -0.750. The maximum atomic E-state index is 5.58. The number of nitrogens with one attached hydrogen (secondary N) is 1. The molecule has 2 atom stereocenters. The summed E-state index contributed by atoms with van der Waals surface area (Å²) in [6.07, 6.45) is 8.06. The van der Waals surface area contributed by atoms with Gasteiger partial charge in [-0.2, -0.15) is 16.9 Å². The first-order valence-corrected chi connectivity index (χ1v) is 9.04. The van der Waals surface area contributed by atoms with Crippen LogP contribution in [0, 0.1) is 4.77 Å². The predicted molar refractivity (Wildman–Crippen MR) is 88.1 cm³/mol. The number of imidazole rings is 1. The van der Waals surface area contributed by atoms with E-state index in [0.717, 1.165) is 34.1 Å². The summed E-state index contributed by atoms with van der Waals surface area (Å²) in [6.45, 7) is 2.19. The third-order valence-electron chi connectivity index (χ3n) is 4.31. The lowest BCUT2D eigenvalue weighted by molar-refractivity contribution is 0.515. The first kappa shape index (κ1) is 14.2. The molecule has 110 valence electrons. The maximum Gasteiger partial charge on any atom is 0.179 e. The number of hydrogen-bond acceptors (Lipinski definition) is 3. The van der Waals surface area contributed by atoms with Crippen LogP contribution in [0.25, 0.3) is 11.2 Å². The second-order valence-corrected chi connectivity index (χ2v) is 7.17. The van der Waals surface area contributed by atoms with Crippen molar-refractivity contribution in [1.82, 2.24) is 19.3 Å². The standard InChI is InChI=1S/C14H22N4S2/c1-4-5-11-12-13(17(2)16-11)18(14(19)15-12)9-6-7-10(8-9)20-3/h9-10H,4-8H2,1-3H3,(H,15,19). The van der Waals surface area contributed by atoms with Crippen LogP contribution in [0.3, 0.4) is 0 Å². The van der Waals surface area contributed by atoms with Gasteiger partial charge in [0.15, 0.2) is 10.4 Å².